The number of nitrogens with one attached hydrogen (secondary N) is 1. The number of carbonyl (C=O) groups excluding carboxylic acids is 1. The fourth-order valence-corrected chi connectivity index (χ4v) is 4.43. The molecule has 138 valence electrons. The lowest BCUT2D eigenvalue weighted by Gasteiger charge is -2.39. The first-order valence-corrected chi connectivity index (χ1v) is 10.2. The first-order valence-electron chi connectivity index (χ1n) is 9.28. The number of halogens is 1. The molecule has 1 aliphatic carbocycles. The third-order valence-corrected chi connectivity index (χ3v) is 6.22. The molecule has 2 heterocycles. The van der Waals surface area contributed by atoms with Crippen molar-refractivity contribution in [1.82, 2.24) is 10.4 Å². The van der Waals surface area contributed by atoms with E-state index < -0.39 is 0 Å². The number of allylic oxidation sites excluding steroid dienone is 1. The quantitative estimate of drug-likeness (QED) is 0.603. The maximum absolute atomic E-state index is 12.2. The van der Waals surface area contributed by atoms with Crippen molar-refractivity contribution in [2.24, 2.45) is 16.8 Å². The van der Waals surface area contributed by atoms with Gasteiger partial charge in [0.2, 0.25) is 0 Å². The molecule has 26 heavy (non-hydrogen) atoms. The monoisotopic (exact) mass is 417 g/mol. The first-order chi connectivity index (χ1) is 12.6. The molecule has 1 aromatic rings. The molecule has 4 unspecified atom stereocenters. The highest BCUT2D eigenvalue weighted by Gasteiger charge is 2.44. The second-order valence-corrected chi connectivity index (χ2v) is 8.33. The molecule has 5 nitrogen and oxygen atoms in total. The molecule has 2 aliphatic heterocycles. The standard InChI is InChI=1S/C20H24BrN3O2/c1-3-26-20(25)15-8-7-14(15)17-10-18(13-6-4-5-12(2)9-13)24-19(23-17)16(21)11-22-24/h4-6,9-10,14-16,19,22H,3,7-8,11H2,1-2H3. The van der Waals surface area contributed by atoms with Gasteiger partial charge in [-0.1, -0.05) is 39.7 Å². The molecule has 6 heteroatoms. The second-order valence-electron chi connectivity index (χ2n) is 7.16. The van der Waals surface area contributed by atoms with Gasteiger partial charge in [0.25, 0.3) is 0 Å². The van der Waals surface area contributed by atoms with E-state index in [4.69, 9.17) is 9.73 Å². The Kier molecular flexibility index (Phi) is 4.88. The van der Waals surface area contributed by atoms with E-state index in [0.29, 0.717) is 6.61 Å². The first kappa shape index (κ1) is 17.7. The van der Waals surface area contributed by atoms with Gasteiger partial charge in [0.15, 0.2) is 0 Å². The fourth-order valence-electron chi connectivity index (χ4n) is 3.93. The number of benzene rings is 1. The number of aliphatic imine (C=N–C) groups is 1. The summed E-state index contributed by atoms with van der Waals surface area (Å²) < 4.78 is 5.26. The molecule has 0 radical (unpaired) electrons. The van der Waals surface area contributed by atoms with E-state index in [1.807, 2.05) is 6.92 Å². The zero-order valence-corrected chi connectivity index (χ0v) is 16.7. The summed E-state index contributed by atoms with van der Waals surface area (Å²) in [6.07, 6.45) is 4.04. The molecule has 1 aromatic carbocycles. The largest absolute Gasteiger partial charge is 0.466 e. The van der Waals surface area contributed by atoms with Crippen molar-refractivity contribution in [3.63, 3.8) is 0 Å². The van der Waals surface area contributed by atoms with Crippen LogP contribution in [0.2, 0.25) is 0 Å². The molecule has 0 bridgehead atoms. The summed E-state index contributed by atoms with van der Waals surface area (Å²) >= 11 is 3.75. The zero-order valence-electron chi connectivity index (χ0n) is 15.1. The van der Waals surface area contributed by atoms with E-state index in [2.05, 4.69) is 63.6 Å². The van der Waals surface area contributed by atoms with Crippen molar-refractivity contribution < 1.29 is 9.53 Å². The van der Waals surface area contributed by atoms with Crippen LogP contribution in [0.15, 0.2) is 35.3 Å². The molecule has 0 amide bonds. The summed E-state index contributed by atoms with van der Waals surface area (Å²) in [6, 6.07) is 8.51. The van der Waals surface area contributed by atoms with E-state index in [1.54, 1.807) is 0 Å². The van der Waals surface area contributed by atoms with Gasteiger partial charge >= 0.3 is 5.97 Å². The van der Waals surface area contributed by atoms with E-state index >= 15 is 0 Å². The Labute approximate surface area is 162 Å². The molecule has 4 rings (SSSR count). The SMILES string of the molecule is CCOC(=O)C1CCC1C1=NC2C(Br)CNN2C(c2cccc(C)c2)=C1. The van der Waals surface area contributed by atoms with Crippen LogP contribution in [-0.2, 0) is 9.53 Å². The minimum atomic E-state index is -0.0840. The molecule has 1 saturated carbocycles. The number of hydrogen-bond donors (Lipinski definition) is 1. The summed E-state index contributed by atoms with van der Waals surface area (Å²) in [5, 5.41) is 2.15. The van der Waals surface area contributed by atoms with Crippen LogP contribution >= 0.6 is 15.9 Å². The fraction of sp³-hybridized carbons (Fsp3) is 0.500. The van der Waals surface area contributed by atoms with Crippen molar-refractivity contribution in [1.29, 1.82) is 0 Å². The van der Waals surface area contributed by atoms with E-state index in [9.17, 15) is 4.79 Å². The number of nitrogens with zero attached hydrogens (tertiary/aromatic N) is 2. The average Bonchev–Trinajstić information content (AvgIpc) is 2.95. The van der Waals surface area contributed by atoms with Crippen molar-refractivity contribution in [2.75, 3.05) is 13.2 Å². The number of hydrazine groups is 1. The Balaban J connectivity index is 1.68. The van der Waals surface area contributed by atoms with Crippen molar-refractivity contribution in [3.05, 3.63) is 41.5 Å². The maximum Gasteiger partial charge on any atom is 0.309 e. The summed E-state index contributed by atoms with van der Waals surface area (Å²) in [4.78, 5) is 17.5. The van der Waals surface area contributed by atoms with E-state index in [-0.39, 0.29) is 28.8 Å². The minimum absolute atomic E-state index is 0.00829. The van der Waals surface area contributed by atoms with Crippen LogP contribution < -0.4 is 5.43 Å². The summed E-state index contributed by atoms with van der Waals surface area (Å²) in [5.74, 6) is 0.0223. The predicted octanol–water partition coefficient (Wildman–Crippen LogP) is 3.29. The number of hydrogen-bond acceptors (Lipinski definition) is 5. The summed E-state index contributed by atoms with van der Waals surface area (Å²) in [7, 11) is 0. The molecular formula is C20H24BrN3O2. The number of fused-ring (bicyclic) bond motifs is 1. The summed E-state index contributed by atoms with van der Waals surface area (Å²) in [6.45, 7) is 5.23. The van der Waals surface area contributed by atoms with Gasteiger partial charge in [-0.15, -0.1) is 0 Å². The number of alkyl halides is 1. The zero-order chi connectivity index (χ0) is 18.3. The Morgan fingerprint density at radius 3 is 2.96 bits per heavy atom. The van der Waals surface area contributed by atoms with Crippen LogP contribution in [-0.4, -0.2) is 40.8 Å². The Morgan fingerprint density at radius 1 is 1.42 bits per heavy atom. The van der Waals surface area contributed by atoms with E-state index in [1.165, 1.54) is 11.1 Å². The lowest BCUT2D eigenvalue weighted by molar-refractivity contribution is -0.152. The van der Waals surface area contributed by atoms with Gasteiger partial charge in [0, 0.05) is 18.2 Å². The maximum atomic E-state index is 12.2. The molecule has 0 aromatic heterocycles. The molecule has 2 fully saturated rings. The van der Waals surface area contributed by atoms with Crippen LogP contribution in [0.25, 0.3) is 5.70 Å². The topological polar surface area (TPSA) is 53.9 Å². The Bertz CT molecular complexity index is 776. The highest BCUT2D eigenvalue weighted by molar-refractivity contribution is 9.09. The number of rotatable bonds is 4. The van der Waals surface area contributed by atoms with Crippen LogP contribution in [0.3, 0.4) is 0 Å². The molecule has 1 saturated heterocycles. The average molecular weight is 418 g/mol. The molecular weight excluding hydrogens is 394 g/mol. The van der Waals surface area contributed by atoms with E-state index in [0.717, 1.165) is 30.8 Å². The molecule has 0 spiro atoms. The number of ether oxygens (including phenoxy) is 1. The van der Waals surface area contributed by atoms with Crippen molar-refractivity contribution >= 4 is 33.3 Å². The van der Waals surface area contributed by atoms with Crippen LogP contribution in [0.4, 0.5) is 0 Å². The predicted molar refractivity (Wildman–Crippen MR) is 106 cm³/mol. The van der Waals surface area contributed by atoms with Gasteiger partial charge in [0.1, 0.15) is 6.17 Å². The lowest BCUT2D eigenvalue weighted by Crippen LogP contribution is -2.44. The van der Waals surface area contributed by atoms with Gasteiger partial charge in [-0.05, 0) is 44.4 Å². The second kappa shape index (κ2) is 7.16. The third-order valence-electron chi connectivity index (χ3n) is 5.43. The Hall–Kier alpha value is -1.66. The van der Waals surface area contributed by atoms with Crippen LogP contribution in [0.5, 0.6) is 0 Å². The minimum Gasteiger partial charge on any atom is -0.466 e. The highest BCUT2D eigenvalue weighted by atomic mass is 79.9. The van der Waals surface area contributed by atoms with Gasteiger partial charge in [-0.3, -0.25) is 14.8 Å². The van der Waals surface area contributed by atoms with Gasteiger partial charge in [-0.2, -0.15) is 0 Å². The van der Waals surface area contributed by atoms with Gasteiger partial charge in [-0.25, -0.2) is 5.43 Å². The summed E-state index contributed by atoms with van der Waals surface area (Å²) in [5.41, 5.74) is 8.00. The highest BCUT2D eigenvalue weighted by Crippen LogP contribution is 2.40. The molecule has 1 N–H and O–H groups in total. The van der Waals surface area contributed by atoms with Crippen molar-refractivity contribution in [3.8, 4) is 0 Å². The van der Waals surface area contributed by atoms with Gasteiger partial charge < -0.3 is 4.74 Å². The number of carbonyl (C=O) groups is 1. The van der Waals surface area contributed by atoms with Crippen molar-refractivity contribution in [2.45, 2.75) is 37.7 Å². The third kappa shape index (κ3) is 3.09. The molecule has 3 aliphatic rings. The van der Waals surface area contributed by atoms with Crippen LogP contribution in [0.1, 0.15) is 30.9 Å². The number of esters is 1. The Morgan fingerprint density at radius 2 is 2.27 bits per heavy atom. The lowest BCUT2D eigenvalue weighted by atomic mass is 9.70. The van der Waals surface area contributed by atoms with Gasteiger partial charge in [0.05, 0.1) is 23.0 Å². The normalized spacial score (nSPS) is 30.2. The molecule has 4 atom stereocenters. The van der Waals surface area contributed by atoms with Crippen LogP contribution in [0, 0.1) is 18.8 Å². The number of aryl methyl sites for hydroxylation is 1. The smallest absolute Gasteiger partial charge is 0.309 e.